The van der Waals surface area contributed by atoms with Crippen molar-refractivity contribution in [2.24, 2.45) is 0 Å². The number of aromatic nitrogens is 2. The van der Waals surface area contributed by atoms with Gasteiger partial charge in [-0.25, -0.2) is 13.8 Å². The Balaban J connectivity index is 2.27. The Bertz CT molecular complexity index is 820. The van der Waals surface area contributed by atoms with E-state index in [2.05, 4.69) is 25.9 Å². The number of fused-ring (bicyclic) bond motifs is 1. The first-order valence-corrected chi connectivity index (χ1v) is 6.86. The highest BCUT2D eigenvalue weighted by Gasteiger charge is 2.12. The predicted octanol–water partition coefficient (Wildman–Crippen LogP) is 3.69. The highest BCUT2D eigenvalue weighted by molar-refractivity contribution is 9.10. The summed E-state index contributed by atoms with van der Waals surface area (Å²) in [6.07, 6.45) is 0. The monoisotopic (exact) mass is 342 g/mol. The van der Waals surface area contributed by atoms with Crippen LogP contribution in [-0.4, -0.2) is 9.97 Å². The molecule has 0 radical (unpaired) electrons. The Labute approximate surface area is 118 Å². The molecular weight excluding hydrogens is 338 g/mol. The Morgan fingerprint density at radius 1 is 1.26 bits per heavy atom. The lowest BCUT2D eigenvalue weighted by atomic mass is 10.2. The van der Waals surface area contributed by atoms with Crippen LogP contribution in [0.1, 0.15) is 0 Å². The van der Waals surface area contributed by atoms with Gasteiger partial charge in [0.1, 0.15) is 22.2 Å². The first kappa shape index (κ1) is 12.4. The number of halogens is 3. The Morgan fingerprint density at radius 2 is 1.95 bits per heavy atom. The van der Waals surface area contributed by atoms with Crippen molar-refractivity contribution in [2.45, 2.75) is 0 Å². The summed E-state index contributed by atoms with van der Waals surface area (Å²) in [5, 5.41) is 1.74. The summed E-state index contributed by atoms with van der Waals surface area (Å²) >= 11 is 4.06. The fourth-order valence-electron chi connectivity index (χ4n) is 1.70. The van der Waals surface area contributed by atoms with Gasteiger partial charge in [-0.05, 0) is 39.5 Å². The van der Waals surface area contributed by atoms with Crippen molar-refractivity contribution >= 4 is 37.5 Å². The minimum atomic E-state index is -0.747. The van der Waals surface area contributed by atoms with E-state index in [1.165, 1.54) is 11.3 Å². The van der Waals surface area contributed by atoms with Crippen molar-refractivity contribution < 1.29 is 8.78 Å². The van der Waals surface area contributed by atoms with Gasteiger partial charge >= 0.3 is 0 Å². The summed E-state index contributed by atoms with van der Waals surface area (Å²) in [6.45, 7) is 0. The van der Waals surface area contributed by atoms with E-state index in [-0.39, 0.29) is 21.4 Å². The molecule has 0 unspecified atom stereocenters. The SMILES string of the molecule is O=c1[nH]c(-c2cc(F)c(Br)c(F)c2)nc2ccsc12. The zero-order valence-electron chi connectivity index (χ0n) is 9.21. The van der Waals surface area contributed by atoms with E-state index >= 15 is 0 Å². The number of hydrogen-bond donors (Lipinski definition) is 1. The maximum absolute atomic E-state index is 13.5. The van der Waals surface area contributed by atoms with Crippen LogP contribution in [0.15, 0.2) is 32.8 Å². The van der Waals surface area contributed by atoms with Crippen molar-refractivity contribution in [1.29, 1.82) is 0 Å². The lowest BCUT2D eigenvalue weighted by Crippen LogP contribution is -2.07. The lowest BCUT2D eigenvalue weighted by Gasteiger charge is -2.03. The van der Waals surface area contributed by atoms with Crippen LogP contribution in [0, 0.1) is 11.6 Å². The molecule has 3 rings (SSSR count). The van der Waals surface area contributed by atoms with E-state index < -0.39 is 11.6 Å². The average Bonchev–Trinajstić information content (AvgIpc) is 2.84. The zero-order valence-corrected chi connectivity index (χ0v) is 11.6. The van der Waals surface area contributed by atoms with Crippen molar-refractivity contribution in [3.8, 4) is 11.4 Å². The molecule has 0 atom stereocenters. The molecule has 0 aliphatic carbocycles. The smallest absolute Gasteiger partial charge is 0.269 e. The molecule has 1 N–H and O–H groups in total. The van der Waals surface area contributed by atoms with Crippen molar-refractivity contribution in [3.63, 3.8) is 0 Å². The van der Waals surface area contributed by atoms with Gasteiger partial charge in [0.05, 0.1) is 9.99 Å². The van der Waals surface area contributed by atoms with Crippen molar-refractivity contribution in [1.82, 2.24) is 9.97 Å². The largest absolute Gasteiger partial charge is 0.305 e. The molecule has 2 heterocycles. The van der Waals surface area contributed by atoms with Gasteiger partial charge in [0.25, 0.3) is 5.56 Å². The molecule has 0 spiro atoms. The topological polar surface area (TPSA) is 45.8 Å². The molecule has 0 saturated carbocycles. The number of rotatable bonds is 1. The Kier molecular flexibility index (Phi) is 2.94. The van der Waals surface area contributed by atoms with Gasteiger partial charge in [-0.1, -0.05) is 0 Å². The maximum atomic E-state index is 13.5. The second-order valence-corrected chi connectivity index (χ2v) is 5.51. The second-order valence-electron chi connectivity index (χ2n) is 3.80. The number of hydrogen-bond acceptors (Lipinski definition) is 3. The minimum absolute atomic E-state index is 0.140. The molecule has 96 valence electrons. The molecule has 2 aromatic heterocycles. The van der Waals surface area contributed by atoms with Gasteiger partial charge in [0.2, 0.25) is 0 Å². The molecule has 0 fully saturated rings. The van der Waals surface area contributed by atoms with E-state index in [1.54, 1.807) is 11.4 Å². The summed E-state index contributed by atoms with van der Waals surface area (Å²) in [5.74, 6) is -1.35. The number of nitrogens with one attached hydrogen (secondary N) is 1. The van der Waals surface area contributed by atoms with Crippen LogP contribution in [0.25, 0.3) is 21.6 Å². The highest BCUT2D eigenvalue weighted by Crippen LogP contribution is 2.26. The molecule has 3 aromatic rings. The van der Waals surface area contributed by atoms with Crippen LogP contribution in [0.5, 0.6) is 0 Å². The van der Waals surface area contributed by atoms with Crippen LogP contribution < -0.4 is 5.56 Å². The molecular formula is C12H5BrF2N2OS. The number of aromatic amines is 1. The van der Waals surface area contributed by atoms with Gasteiger partial charge < -0.3 is 4.98 Å². The van der Waals surface area contributed by atoms with E-state index in [0.29, 0.717) is 10.2 Å². The maximum Gasteiger partial charge on any atom is 0.269 e. The van der Waals surface area contributed by atoms with E-state index in [1.807, 2.05) is 0 Å². The third-order valence-corrected chi connectivity index (χ3v) is 4.23. The summed E-state index contributed by atoms with van der Waals surface area (Å²) in [6, 6.07) is 3.91. The van der Waals surface area contributed by atoms with Gasteiger partial charge in [-0.3, -0.25) is 4.79 Å². The highest BCUT2D eigenvalue weighted by atomic mass is 79.9. The third kappa shape index (κ3) is 2.08. The Hall–Kier alpha value is -1.60. The van der Waals surface area contributed by atoms with Crippen molar-refractivity contribution in [2.75, 3.05) is 0 Å². The van der Waals surface area contributed by atoms with E-state index in [0.717, 1.165) is 12.1 Å². The van der Waals surface area contributed by atoms with Gasteiger partial charge in [0, 0.05) is 5.56 Å². The molecule has 0 amide bonds. The van der Waals surface area contributed by atoms with Crippen LogP contribution in [0.2, 0.25) is 0 Å². The first-order chi connectivity index (χ1) is 9.06. The van der Waals surface area contributed by atoms with Crippen LogP contribution in [0.3, 0.4) is 0 Å². The quantitative estimate of drug-likeness (QED) is 0.685. The van der Waals surface area contributed by atoms with E-state index in [4.69, 9.17) is 0 Å². The van der Waals surface area contributed by atoms with Gasteiger partial charge in [-0.2, -0.15) is 0 Å². The lowest BCUT2D eigenvalue weighted by molar-refractivity contribution is 0.572. The minimum Gasteiger partial charge on any atom is -0.305 e. The van der Waals surface area contributed by atoms with Gasteiger partial charge in [0.15, 0.2) is 0 Å². The molecule has 7 heteroatoms. The molecule has 0 aliphatic heterocycles. The summed E-state index contributed by atoms with van der Waals surface area (Å²) in [4.78, 5) is 18.5. The standard InChI is InChI=1S/C12H5BrF2N2OS/c13-9-6(14)3-5(4-7(9)15)11-16-8-1-2-19-10(8)12(18)17-11/h1-4H,(H,16,17,18). The number of benzene rings is 1. The fraction of sp³-hybridized carbons (Fsp3) is 0. The molecule has 1 aromatic carbocycles. The summed E-state index contributed by atoms with van der Waals surface area (Å²) in [7, 11) is 0. The van der Waals surface area contributed by atoms with E-state index in [9.17, 15) is 13.6 Å². The third-order valence-electron chi connectivity index (χ3n) is 2.57. The molecule has 0 saturated heterocycles. The fourth-order valence-corrected chi connectivity index (χ4v) is 2.66. The summed E-state index contributed by atoms with van der Waals surface area (Å²) < 4.78 is 27.2. The molecule has 0 bridgehead atoms. The number of thiophene rings is 1. The first-order valence-electron chi connectivity index (χ1n) is 5.18. The predicted molar refractivity (Wildman–Crippen MR) is 73.3 cm³/mol. The van der Waals surface area contributed by atoms with Crippen molar-refractivity contribution in [3.05, 3.63) is 50.0 Å². The van der Waals surface area contributed by atoms with Crippen LogP contribution in [-0.2, 0) is 0 Å². The molecule has 3 nitrogen and oxygen atoms in total. The molecule has 19 heavy (non-hydrogen) atoms. The van der Waals surface area contributed by atoms with Crippen LogP contribution in [0.4, 0.5) is 8.78 Å². The second kappa shape index (κ2) is 4.50. The normalized spacial score (nSPS) is 11.1. The zero-order chi connectivity index (χ0) is 13.6. The van der Waals surface area contributed by atoms with Crippen LogP contribution >= 0.6 is 27.3 Å². The number of H-pyrrole nitrogens is 1. The molecule has 0 aliphatic rings. The van der Waals surface area contributed by atoms with Gasteiger partial charge in [-0.15, -0.1) is 11.3 Å². The number of nitrogens with zero attached hydrogens (tertiary/aromatic N) is 1. The average molecular weight is 343 g/mol. The Morgan fingerprint density at radius 3 is 2.63 bits per heavy atom. The summed E-state index contributed by atoms with van der Waals surface area (Å²) in [5.41, 5.74) is 0.370.